The van der Waals surface area contributed by atoms with Gasteiger partial charge >= 0.3 is 11.9 Å². The number of carboxylic acid groups (broad SMARTS) is 1. The summed E-state index contributed by atoms with van der Waals surface area (Å²) in [5.41, 5.74) is 1.42. The van der Waals surface area contributed by atoms with Crippen LogP contribution in [-0.4, -0.2) is 62.6 Å². The molecule has 0 aliphatic rings. The Kier molecular flexibility index (Phi) is 8.24. The molecule has 0 unspecified atom stereocenters. The van der Waals surface area contributed by atoms with Gasteiger partial charge in [-0.05, 0) is 64.5 Å². The van der Waals surface area contributed by atoms with Crippen LogP contribution in [0.5, 0.6) is 0 Å². The van der Waals surface area contributed by atoms with Crippen LogP contribution in [0.2, 0.25) is 5.02 Å². The summed E-state index contributed by atoms with van der Waals surface area (Å²) in [6.07, 6.45) is 2.19. The van der Waals surface area contributed by atoms with Crippen molar-refractivity contribution in [2.75, 3.05) is 12.4 Å². The van der Waals surface area contributed by atoms with Gasteiger partial charge in [-0.15, -0.1) is 5.10 Å². The molecule has 1 aromatic heterocycles. The molecule has 0 saturated carbocycles. The standard InChI is InChI=1S/C22H19ClN6O6/c1-35-19(31)11-17(21(32)24-15-6-2-12(3-7-15)22(33)34)25-18(30)9-4-13-10-14(23)5-8-16(13)20-26-28-29-27-20/h2-10,17H,11H2,1H3,(H,24,32)(H,25,30)(H,33,34)(H,26,27,28,29)/b9-4+/t17-/m0/s1. The molecular weight excluding hydrogens is 480 g/mol. The lowest BCUT2D eigenvalue weighted by Gasteiger charge is -2.17. The largest absolute Gasteiger partial charge is 0.478 e. The maximum absolute atomic E-state index is 12.7. The Balaban J connectivity index is 1.74. The number of nitrogens with zero attached hydrogens (tertiary/aromatic N) is 3. The highest BCUT2D eigenvalue weighted by molar-refractivity contribution is 6.30. The van der Waals surface area contributed by atoms with E-state index in [9.17, 15) is 19.2 Å². The number of ether oxygens (including phenoxy) is 1. The lowest BCUT2D eigenvalue weighted by Crippen LogP contribution is -2.44. The van der Waals surface area contributed by atoms with Crippen molar-refractivity contribution in [2.24, 2.45) is 0 Å². The number of aromatic amines is 1. The van der Waals surface area contributed by atoms with E-state index in [1.807, 2.05) is 0 Å². The van der Waals surface area contributed by atoms with Gasteiger partial charge in [-0.25, -0.2) is 9.89 Å². The molecule has 2 aromatic carbocycles. The normalized spacial score (nSPS) is 11.6. The van der Waals surface area contributed by atoms with E-state index >= 15 is 0 Å². The van der Waals surface area contributed by atoms with Crippen molar-refractivity contribution in [3.8, 4) is 11.4 Å². The Morgan fingerprint density at radius 1 is 1.17 bits per heavy atom. The zero-order valence-corrected chi connectivity index (χ0v) is 18.9. The number of esters is 1. The second-order valence-electron chi connectivity index (χ2n) is 7.03. The average molecular weight is 499 g/mol. The predicted octanol–water partition coefficient (Wildman–Crippen LogP) is 1.92. The van der Waals surface area contributed by atoms with Gasteiger partial charge in [-0.2, -0.15) is 0 Å². The summed E-state index contributed by atoms with van der Waals surface area (Å²) < 4.78 is 4.61. The van der Waals surface area contributed by atoms with Gasteiger partial charge in [-0.1, -0.05) is 11.6 Å². The summed E-state index contributed by atoms with van der Waals surface area (Å²) in [5.74, 6) is -2.84. The maximum Gasteiger partial charge on any atom is 0.335 e. The number of methoxy groups -OCH3 is 1. The number of aromatic nitrogens is 4. The van der Waals surface area contributed by atoms with E-state index in [4.69, 9.17) is 16.7 Å². The number of hydrogen-bond acceptors (Lipinski definition) is 8. The quantitative estimate of drug-likeness (QED) is 0.253. The molecule has 180 valence electrons. The minimum Gasteiger partial charge on any atom is -0.478 e. The number of tetrazole rings is 1. The average Bonchev–Trinajstić information content (AvgIpc) is 3.37. The summed E-state index contributed by atoms with van der Waals surface area (Å²) in [5, 5.41) is 27.9. The monoisotopic (exact) mass is 498 g/mol. The second-order valence-corrected chi connectivity index (χ2v) is 7.46. The molecule has 1 heterocycles. The number of carboxylic acids is 1. The number of benzene rings is 2. The van der Waals surface area contributed by atoms with Crippen LogP contribution in [0.3, 0.4) is 0 Å². The Morgan fingerprint density at radius 3 is 2.54 bits per heavy atom. The number of rotatable bonds is 9. The molecule has 0 radical (unpaired) electrons. The van der Waals surface area contributed by atoms with E-state index in [1.165, 1.54) is 30.3 Å². The van der Waals surface area contributed by atoms with Crippen LogP contribution >= 0.6 is 11.6 Å². The minimum atomic E-state index is -1.27. The van der Waals surface area contributed by atoms with Gasteiger partial charge < -0.3 is 20.5 Å². The number of hydrogen-bond donors (Lipinski definition) is 4. The van der Waals surface area contributed by atoms with Crippen molar-refractivity contribution in [1.82, 2.24) is 25.9 Å². The number of carbonyl (C=O) groups is 4. The number of amides is 2. The second kappa shape index (κ2) is 11.5. The van der Waals surface area contributed by atoms with Gasteiger partial charge in [0, 0.05) is 22.3 Å². The number of aromatic carboxylic acids is 1. The van der Waals surface area contributed by atoms with Crippen molar-refractivity contribution in [1.29, 1.82) is 0 Å². The first-order valence-electron chi connectivity index (χ1n) is 10.00. The van der Waals surface area contributed by atoms with Crippen molar-refractivity contribution in [2.45, 2.75) is 12.5 Å². The molecule has 4 N–H and O–H groups in total. The zero-order chi connectivity index (χ0) is 25.4. The summed E-state index contributed by atoms with van der Waals surface area (Å²) in [6.45, 7) is 0. The smallest absolute Gasteiger partial charge is 0.335 e. The highest BCUT2D eigenvalue weighted by Gasteiger charge is 2.24. The molecule has 0 fully saturated rings. The lowest BCUT2D eigenvalue weighted by molar-refractivity contribution is -0.142. The summed E-state index contributed by atoms with van der Waals surface area (Å²) in [6, 6.07) is 9.03. The highest BCUT2D eigenvalue weighted by atomic mass is 35.5. The molecule has 1 atom stereocenters. The Morgan fingerprint density at radius 2 is 1.91 bits per heavy atom. The molecule has 3 aromatic rings. The Bertz CT molecular complexity index is 1260. The molecule has 0 spiro atoms. The third kappa shape index (κ3) is 6.95. The maximum atomic E-state index is 12.7. The van der Waals surface area contributed by atoms with Crippen molar-refractivity contribution < 1.29 is 29.0 Å². The summed E-state index contributed by atoms with van der Waals surface area (Å²) in [4.78, 5) is 48.1. The lowest BCUT2D eigenvalue weighted by atomic mass is 10.1. The number of anilines is 1. The van der Waals surface area contributed by atoms with E-state index in [1.54, 1.807) is 18.2 Å². The van der Waals surface area contributed by atoms with Crippen LogP contribution in [0.25, 0.3) is 17.5 Å². The van der Waals surface area contributed by atoms with Crippen LogP contribution in [0.15, 0.2) is 48.5 Å². The fourth-order valence-electron chi connectivity index (χ4n) is 2.93. The van der Waals surface area contributed by atoms with Crippen molar-refractivity contribution in [3.63, 3.8) is 0 Å². The summed E-state index contributed by atoms with van der Waals surface area (Å²) >= 11 is 6.06. The van der Waals surface area contributed by atoms with Crippen LogP contribution in [0.4, 0.5) is 5.69 Å². The van der Waals surface area contributed by atoms with E-state index < -0.39 is 36.2 Å². The van der Waals surface area contributed by atoms with E-state index in [0.717, 1.165) is 13.2 Å². The van der Waals surface area contributed by atoms with E-state index in [2.05, 4.69) is 36.0 Å². The number of H-pyrrole nitrogens is 1. The van der Waals surface area contributed by atoms with E-state index in [-0.39, 0.29) is 11.3 Å². The Labute approximate surface area is 203 Å². The van der Waals surface area contributed by atoms with Gasteiger partial charge in [0.15, 0.2) is 5.82 Å². The number of nitrogens with one attached hydrogen (secondary N) is 3. The van der Waals surface area contributed by atoms with Gasteiger partial charge in [0.05, 0.1) is 19.1 Å². The van der Waals surface area contributed by atoms with Crippen molar-refractivity contribution >= 4 is 47.1 Å². The molecule has 12 nitrogen and oxygen atoms in total. The van der Waals surface area contributed by atoms with Gasteiger partial charge in [0.2, 0.25) is 11.8 Å². The molecule has 13 heteroatoms. The molecule has 0 aliphatic heterocycles. The molecule has 3 rings (SSSR count). The van der Waals surface area contributed by atoms with Crippen LogP contribution < -0.4 is 10.6 Å². The van der Waals surface area contributed by atoms with Gasteiger partial charge in [0.1, 0.15) is 6.04 Å². The third-order valence-electron chi connectivity index (χ3n) is 4.66. The topological polar surface area (TPSA) is 176 Å². The first-order chi connectivity index (χ1) is 16.8. The van der Waals surface area contributed by atoms with Gasteiger partial charge in [0.25, 0.3) is 0 Å². The molecule has 0 saturated heterocycles. The number of halogens is 1. The highest BCUT2D eigenvalue weighted by Crippen LogP contribution is 2.24. The molecule has 0 aliphatic carbocycles. The predicted molar refractivity (Wildman–Crippen MR) is 124 cm³/mol. The van der Waals surface area contributed by atoms with Crippen molar-refractivity contribution in [3.05, 3.63) is 64.7 Å². The van der Waals surface area contributed by atoms with Crippen LogP contribution in [0, 0.1) is 0 Å². The first kappa shape index (κ1) is 25.1. The SMILES string of the molecule is COC(=O)C[C@H](NC(=O)/C=C/c1cc(Cl)ccc1-c1nnn[nH]1)C(=O)Nc1ccc(C(=O)O)cc1. The molecule has 0 bridgehead atoms. The number of carbonyl (C=O) groups excluding carboxylic acids is 3. The van der Waals surface area contributed by atoms with E-state index in [0.29, 0.717) is 22.0 Å². The Hall–Kier alpha value is -4.58. The molecule has 2 amide bonds. The molecular formula is C22H19ClN6O6. The van der Waals surface area contributed by atoms with Crippen LogP contribution in [-0.2, 0) is 19.1 Å². The first-order valence-corrected chi connectivity index (χ1v) is 10.4. The fraction of sp³-hybridized carbons (Fsp3) is 0.136. The van der Waals surface area contributed by atoms with Crippen LogP contribution in [0.1, 0.15) is 22.3 Å². The minimum absolute atomic E-state index is 0.0362. The fourth-order valence-corrected chi connectivity index (χ4v) is 3.11. The van der Waals surface area contributed by atoms with Gasteiger partial charge in [-0.3, -0.25) is 14.4 Å². The summed E-state index contributed by atoms with van der Waals surface area (Å²) in [7, 11) is 1.16. The molecule has 35 heavy (non-hydrogen) atoms. The zero-order valence-electron chi connectivity index (χ0n) is 18.2. The third-order valence-corrected chi connectivity index (χ3v) is 4.89.